The smallest absolute Gasteiger partial charge is 0.243 e. The second kappa shape index (κ2) is 13.3. The van der Waals surface area contributed by atoms with Crippen LogP contribution in [0, 0.1) is 13.8 Å². The van der Waals surface area contributed by atoms with Crippen molar-refractivity contribution in [3.8, 4) is 0 Å². The SMILES string of the molecule is Cc1cc(C)cc(CSCC(=O)N(Cc2cccc(Br)c2)C(Cc2ccccc2)C(=O)NC(C)(C)C)c1. The number of hydrogen-bond donors (Lipinski definition) is 1. The first kappa shape index (κ1) is 29.0. The Bertz CT molecular complexity index is 1190. The summed E-state index contributed by atoms with van der Waals surface area (Å²) in [5.74, 6) is 0.865. The number of nitrogens with zero attached hydrogens (tertiary/aromatic N) is 1. The van der Waals surface area contributed by atoms with Gasteiger partial charge in [0.2, 0.25) is 11.8 Å². The zero-order valence-corrected chi connectivity index (χ0v) is 24.8. The molecule has 3 rings (SSSR count). The van der Waals surface area contributed by atoms with Gasteiger partial charge in [0, 0.05) is 28.7 Å². The summed E-state index contributed by atoms with van der Waals surface area (Å²) in [7, 11) is 0. The lowest BCUT2D eigenvalue weighted by molar-refractivity contribution is -0.140. The third-order valence-corrected chi connectivity index (χ3v) is 7.27. The fraction of sp³-hybridized carbons (Fsp3) is 0.355. The van der Waals surface area contributed by atoms with E-state index in [-0.39, 0.29) is 11.8 Å². The van der Waals surface area contributed by atoms with Crippen LogP contribution in [-0.2, 0) is 28.3 Å². The molecule has 0 aliphatic rings. The van der Waals surface area contributed by atoms with Crippen LogP contribution in [0.4, 0.5) is 0 Å². The molecule has 0 spiro atoms. The summed E-state index contributed by atoms with van der Waals surface area (Å²) in [6.07, 6.45) is 0.449. The number of carbonyl (C=O) groups excluding carboxylic acids is 2. The minimum atomic E-state index is -0.630. The number of rotatable bonds is 10. The lowest BCUT2D eigenvalue weighted by Crippen LogP contribution is -2.54. The molecule has 0 aliphatic heterocycles. The normalized spacial score (nSPS) is 12.2. The van der Waals surface area contributed by atoms with Crippen LogP contribution >= 0.6 is 27.7 Å². The van der Waals surface area contributed by atoms with Gasteiger partial charge in [0.25, 0.3) is 0 Å². The third-order valence-electron chi connectivity index (χ3n) is 5.79. The van der Waals surface area contributed by atoms with Crippen molar-refractivity contribution in [1.82, 2.24) is 10.2 Å². The average Bonchev–Trinajstić information content (AvgIpc) is 2.80. The number of halogens is 1. The molecular formula is C31H37BrN2O2S. The quantitative estimate of drug-likeness (QED) is 0.285. The Balaban J connectivity index is 1.87. The zero-order chi connectivity index (χ0) is 27.0. The van der Waals surface area contributed by atoms with Gasteiger partial charge in [-0.15, -0.1) is 11.8 Å². The van der Waals surface area contributed by atoms with E-state index in [1.165, 1.54) is 16.7 Å². The Labute approximate surface area is 234 Å². The van der Waals surface area contributed by atoms with Crippen molar-refractivity contribution in [3.63, 3.8) is 0 Å². The van der Waals surface area contributed by atoms with Crippen molar-refractivity contribution in [2.45, 2.75) is 64.9 Å². The predicted molar refractivity (Wildman–Crippen MR) is 159 cm³/mol. The number of nitrogens with one attached hydrogen (secondary N) is 1. The molecule has 1 N–H and O–H groups in total. The minimum Gasteiger partial charge on any atom is -0.350 e. The van der Waals surface area contributed by atoms with Crippen LogP contribution in [0.2, 0.25) is 0 Å². The van der Waals surface area contributed by atoms with Crippen molar-refractivity contribution in [3.05, 3.63) is 105 Å². The van der Waals surface area contributed by atoms with Gasteiger partial charge >= 0.3 is 0 Å². The third kappa shape index (κ3) is 9.67. The zero-order valence-electron chi connectivity index (χ0n) is 22.4. The highest BCUT2D eigenvalue weighted by molar-refractivity contribution is 9.10. The molecule has 3 aromatic carbocycles. The summed E-state index contributed by atoms with van der Waals surface area (Å²) in [4.78, 5) is 29.1. The Morgan fingerprint density at radius 3 is 2.16 bits per heavy atom. The van der Waals surface area contributed by atoms with Crippen LogP contribution in [0.3, 0.4) is 0 Å². The molecule has 1 atom stereocenters. The van der Waals surface area contributed by atoms with Crippen molar-refractivity contribution in [2.24, 2.45) is 0 Å². The van der Waals surface area contributed by atoms with Gasteiger partial charge in [-0.3, -0.25) is 9.59 Å². The molecule has 0 heterocycles. The Hall–Kier alpha value is -2.57. The lowest BCUT2D eigenvalue weighted by atomic mass is 10.0. The molecule has 0 fully saturated rings. The molecule has 0 aliphatic carbocycles. The summed E-state index contributed by atoms with van der Waals surface area (Å²) >= 11 is 5.13. The van der Waals surface area contributed by atoms with E-state index in [4.69, 9.17) is 0 Å². The topological polar surface area (TPSA) is 49.4 Å². The van der Waals surface area contributed by atoms with Gasteiger partial charge in [0.15, 0.2) is 0 Å². The first-order valence-electron chi connectivity index (χ1n) is 12.5. The Kier molecular flexibility index (Phi) is 10.4. The molecule has 1 unspecified atom stereocenters. The van der Waals surface area contributed by atoms with Crippen LogP contribution in [-0.4, -0.2) is 34.0 Å². The van der Waals surface area contributed by atoms with Gasteiger partial charge in [-0.25, -0.2) is 0 Å². The van der Waals surface area contributed by atoms with Crippen LogP contribution in [0.15, 0.2) is 77.3 Å². The van der Waals surface area contributed by atoms with E-state index in [0.29, 0.717) is 18.7 Å². The summed E-state index contributed by atoms with van der Waals surface area (Å²) in [6.45, 7) is 10.4. The van der Waals surface area contributed by atoms with E-state index < -0.39 is 11.6 Å². The maximum absolute atomic E-state index is 13.8. The number of thioether (sulfide) groups is 1. The van der Waals surface area contributed by atoms with Gasteiger partial charge in [-0.1, -0.05) is 87.7 Å². The molecule has 0 saturated carbocycles. The van der Waals surface area contributed by atoms with Gasteiger partial charge in [-0.05, 0) is 63.4 Å². The number of amides is 2. The van der Waals surface area contributed by atoms with E-state index in [1.807, 2.05) is 75.4 Å². The summed E-state index contributed by atoms with van der Waals surface area (Å²) in [5, 5.41) is 3.12. The minimum absolute atomic E-state index is 0.0423. The maximum atomic E-state index is 13.8. The second-order valence-electron chi connectivity index (χ2n) is 10.6. The van der Waals surface area contributed by atoms with E-state index >= 15 is 0 Å². The first-order valence-corrected chi connectivity index (χ1v) is 14.5. The molecule has 4 nitrogen and oxygen atoms in total. The molecule has 0 aromatic heterocycles. The van der Waals surface area contributed by atoms with Crippen molar-refractivity contribution in [1.29, 1.82) is 0 Å². The van der Waals surface area contributed by atoms with Crippen molar-refractivity contribution >= 4 is 39.5 Å². The lowest BCUT2D eigenvalue weighted by Gasteiger charge is -2.34. The Morgan fingerprint density at radius 2 is 1.54 bits per heavy atom. The molecule has 0 saturated heterocycles. The fourth-order valence-electron chi connectivity index (χ4n) is 4.33. The summed E-state index contributed by atoms with van der Waals surface area (Å²) in [5.41, 5.74) is 5.24. The predicted octanol–water partition coefficient (Wildman–Crippen LogP) is 6.85. The fourth-order valence-corrected chi connectivity index (χ4v) is 5.62. The number of carbonyl (C=O) groups is 2. The number of aryl methyl sites for hydroxylation is 2. The standard InChI is InChI=1S/C31H37BrN2O2S/c1-22-14-23(2)16-26(15-22)20-37-21-29(35)34(19-25-12-9-13-27(32)17-25)28(30(36)33-31(3,4)5)18-24-10-7-6-8-11-24/h6-17,28H,18-21H2,1-5H3,(H,33,36). The largest absolute Gasteiger partial charge is 0.350 e. The van der Waals surface area contributed by atoms with Gasteiger partial charge < -0.3 is 10.2 Å². The van der Waals surface area contributed by atoms with E-state index in [1.54, 1.807) is 16.7 Å². The molecule has 0 bridgehead atoms. The molecule has 196 valence electrons. The summed E-state index contributed by atoms with van der Waals surface area (Å²) < 4.78 is 0.945. The second-order valence-corrected chi connectivity index (χ2v) is 12.5. The van der Waals surface area contributed by atoms with Gasteiger partial charge in [0.05, 0.1) is 5.75 Å². The average molecular weight is 582 g/mol. The number of hydrogen-bond acceptors (Lipinski definition) is 3. The molecule has 3 aromatic rings. The van der Waals surface area contributed by atoms with Crippen molar-refractivity contribution in [2.75, 3.05) is 5.75 Å². The molecule has 6 heteroatoms. The molecular weight excluding hydrogens is 544 g/mol. The summed E-state index contributed by atoms with van der Waals surface area (Å²) in [6, 6.07) is 23.7. The Morgan fingerprint density at radius 1 is 0.892 bits per heavy atom. The monoisotopic (exact) mass is 580 g/mol. The first-order chi connectivity index (χ1) is 17.5. The van der Waals surface area contributed by atoms with E-state index in [2.05, 4.69) is 53.3 Å². The highest BCUT2D eigenvalue weighted by Gasteiger charge is 2.32. The van der Waals surface area contributed by atoms with Crippen LogP contribution < -0.4 is 5.32 Å². The maximum Gasteiger partial charge on any atom is 0.243 e. The molecule has 37 heavy (non-hydrogen) atoms. The van der Waals surface area contributed by atoms with Crippen LogP contribution in [0.25, 0.3) is 0 Å². The van der Waals surface area contributed by atoms with Gasteiger partial charge in [-0.2, -0.15) is 0 Å². The molecule has 0 radical (unpaired) electrons. The molecule has 2 amide bonds. The number of benzene rings is 3. The van der Waals surface area contributed by atoms with Crippen molar-refractivity contribution < 1.29 is 9.59 Å². The van der Waals surface area contributed by atoms with Gasteiger partial charge in [0.1, 0.15) is 6.04 Å². The van der Waals surface area contributed by atoms with Crippen LogP contribution in [0.1, 0.15) is 48.6 Å². The van der Waals surface area contributed by atoms with E-state index in [9.17, 15) is 9.59 Å². The highest BCUT2D eigenvalue weighted by Crippen LogP contribution is 2.21. The highest BCUT2D eigenvalue weighted by atomic mass is 79.9. The van der Waals surface area contributed by atoms with E-state index in [0.717, 1.165) is 21.4 Å². The van der Waals surface area contributed by atoms with Crippen LogP contribution in [0.5, 0.6) is 0 Å².